The third kappa shape index (κ3) is 5.26. The van der Waals surface area contributed by atoms with Gasteiger partial charge in [0.2, 0.25) is 0 Å². The van der Waals surface area contributed by atoms with E-state index in [0.29, 0.717) is 10.7 Å². The van der Waals surface area contributed by atoms with E-state index in [4.69, 9.17) is 11.6 Å². The molecule has 0 saturated carbocycles. The van der Waals surface area contributed by atoms with Crippen LogP contribution in [0.3, 0.4) is 0 Å². The van der Waals surface area contributed by atoms with Gasteiger partial charge in [0.25, 0.3) is 17.5 Å². The van der Waals surface area contributed by atoms with Gasteiger partial charge in [-0.25, -0.2) is 4.98 Å². The van der Waals surface area contributed by atoms with E-state index in [9.17, 15) is 19.7 Å². The molecule has 2 aromatic rings. The molecule has 28 heavy (non-hydrogen) atoms. The van der Waals surface area contributed by atoms with E-state index < -0.39 is 4.92 Å². The number of nitro benzene ring substituents is 1. The fourth-order valence-corrected chi connectivity index (χ4v) is 3.37. The van der Waals surface area contributed by atoms with Crippen LogP contribution in [0.1, 0.15) is 53.5 Å². The van der Waals surface area contributed by atoms with Gasteiger partial charge in [-0.05, 0) is 39.8 Å². The normalized spacial score (nSPS) is 11.0. The van der Waals surface area contributed by atoms with Crippen molar-refractivity contribution in [1.82, 2.24) is 15.2 Å². The predicted molar refractivity (Wildman–Crippen MR) is 108 cm³/mol. The molecule has 0 spiro atoms. The molecule has 2 rings (SSSR count). The molecule has 150 valence electrons. The first-order valence-corrected chi connectivity index (χ1v) is 9.86. The summed E-state index contributed by atoms with van der Waals surface area (Å²) in [6.07, 6.45) is 0. The maximum atomic E-state index is 12.9. The molecular weight excluding hydrogens is 404 g/mol. The van der Waals surface area contributed by atoms with Gasteiger partial charge in [0, 0.05) is 29.1 Å². The van der Waals surface area contributed by atoms with Crippen molar-refractivity contribution in [3.05, 3.63) is 55.0 Å². The van der Waals surface area contributed by atoms with Crippen molar-refractivity contribution in [3.63, 3.8) is 0 Å². The van der Waals surface area contributed by atoms with Gasteiger partial charge in [-0.1, -0.05) is 11.6 Å². The summed E-state index contributed by atoms with van der Waals surface area (Å²) in [5, 5.41) is 16.1. The third-order valence-electron chi connectivity index (χ3n) is 3.78. The minimum absolute atomic E-state index is 0.00733. The average Bonchev–Trinajstić information content (AvgIpc) is 3.07. The number of nitrogens with one attached hydrogen (secondary N) is 1. The van der Waals surface area contributed by atoms with Crippen LogP contribution in [-0.2, 0) is 6.54 Å². The van der Waals surface area contributed by atoms with Crippen LogP contribution in [0, 0.1) is 10.1 Å². The molecule has 0 unspecified atom stereocenters. The van der Waals surface area contributed by atoms with Gasteiger partial charge in [-0.2, -0.15) is 0 Å². The van der Waals surface area contributed by atoms with E-state index in [1.54, 1.807) is 5.38 Å². The number of aromatic nitrogens is 1. The summed E-state index contributed by atoms with van der Waals surface area (Å²) in [6, 6.07) is 3.77. The van der Waals surface area contributed by atoms with Gasteiger partial charge >= 0.3 is 0 Å². The number of carbonyl (C=O) groups is 2. The first-order valence-electron chi connectivity index (χ1n) is 8.60. The number of hydrogen-bond acceptors (Lipinski definition) is 6. The second kappa shape index (κ2) is 9.11. The van der Waals surface area contributed by atoms with Gasteiger partial charge < -0.3 is 10.2 Å². The maximum Gasteiger partial charge on any atom is 0.288 e. The monoisotopic (exact) mass is 424 g/mol. The molecular formula is C18H21ClN4O4S. The van der Waals surface area contributed by atoms with Gasteiger partial charge in [-0.15, -0.1) is 11.3 Å². The molecule has 0 radical (unpaired) electrons. The van der Waals surface area contributed by atoms with Crippen LogP contribution in [0.25, 0.3) is 0 Å². The number of halogens is 1. The molecule has 0 aliphatic carbocycles. The highest BCUT2D eigenvalue weighted by atomic mass is 35.5. The van der Waals surface area contributed by atoms with E-state index >= 15 is 0 Å². The highest BCUT2D eigenvalue weighted by Gasteiger charge is 2.24. The molecule has 1 aromatic carbocycles. The zero-order chi connectivity index (χ0) is 21.0. The van der Waals surface area contributed by atoms with Crippen molar-refractivity contribution in [2.45, 2.75) is 46.3 Å². The summed E-state index contributed by atoms with van der Waals surface area (Å²) in [7, 11) is 0. The van der Waals surface area contributed by atoms with Crippen LogP contribution >= 0.6 is 22.9 Å². The summed E-state index contributed by atoms with van der Waals surface area (Å²) in [5.74, 6) is -0.647. The number of carbonyl (C=O) groups excluding carboxylic acids is 2. The minimum Gasteiger partial charge on any atom is -0.349 e. The van der Waals surface area contributed by atoms with Crippen molar-refractivity contribution < 1.29 is 14.5 Å². The van der Waals surface area contributed by atoms with Crippen LogP contribution < -0.4 is 5.32 Å². The predicted octanol–water partition coefficient (Wildman–Crippen LogP) is 3.89. The number of nitro groups is 1. The molecule has 1 aromatic heterocycles. The van der Waals surface area contributed by atoms with Crippen LogP contribution in [0.5, 0.6) is 0 Å². The number of nitrogens with zero attached hydrogens (tertiary/aromatic N) is 3. The zero-order valence-corrected chi connectivity index (χ0v) is 17.5. The van der Waals surface area contributed by atoms with Crippen LogP contribution in [0.4, 0.5) is 5.69 Å². The molecule has 0 saturated heterocycles. The Labute approximate surface area is 171 Å². The summed E-state index contributed by atoms with van der Waals surface area (Å²) < 4.78 is 0. The van der Waals surface area contributed by atoms with Crippen molar-refractivity contribution in [2.24, 2.45) is 0 Å². The largest absolute Gasteiger partial charge is 0.349 e. The summed E-state index contributed by atoms with van der Waals surface area (Å²) >= 11 is 7.10. The fourth-order valence-electron chi connectivity index (χ4n) is 2.41. The minimum atomic E-state index is -0.626. The highest BCUT2D eigenvalue weighted by Crippen LogP contribution is 2.26. The molecule has 1 N–H and O–H groups in total. The Balaban J connectivity index is 2.23. The van der Waals surface area contributed by atoms with Gasteiger partial charge in [0.05, 0.1) is 11.5 Å². The molecule has 10 heteroatoms. The Hall–Kier alpha value is -2.52. The Morgan fingerprint density at radius 1 is 1.32 bits per heavy atom. The number of rotatable bonds is 7. The number of thiazole rings is 1. The quantitative estimate of drug-likeness (QED) is 0.536. The van der Waals surface area contributed by atoms with Gasteiger partial charge in [0.1, 0.15) is 15.7 Å². The molecule has 0 aliphatic heterocycles. The van der Waals surface area contributed by atoms with Crippen molar-refractivity contribution >= 4 is 40.4 Å². The van der Waals surface area contributed by atoms with E-state index in [1.807, 2.05) is 27.7 Å². The zero-order valence-electron chi connectivity index (χ0n) is 15.9. The molecule has 0 fully saturated rings. The lowest BCUT2D eigenvalue weighted by Gasteiger charge is -2.26. The first kappa shape index (κ1) is 21.8. The number of hydrogen-bond donors (Lipinski definition) is 1. The first-order chi connectivity index (χ1) is 13.1. The molecule has 8 nitrogen and oxygen atoms in total. The summed E-state index contributed by atoms with van der Waals surface area (Å²) in [5.41, 5.74) is 0.143. The third-order valence-corrected chi connectivity index (χ3v) is 4.94. The van der Waals surface area contributed by atoms with E-state index in [1.165, 1.54) is 34.4 Å². The summed E-state index contributed by atoms with van der Waals surface area (Å²) in [6.45, 7) is 7.57. The summed E-state index contributed by atoms with van der Waals surface area (Å²) in [4.78, 5) is 41.3. The Kier molecular flexibility index (Phi) is 7.09. The maximum absolute atomic E-state index is 12.9. The second-order valence-electron chi connectivity index (χ2n) is 6.70. The lowest BCUT2D eigenvalue weighted by atomic mass is 10.1. The van der Waals surface area contributed by atoms with Crippen molar-refractivity contribution in [2.75, 3.05) is 0 Å². The Morgan fingerprint density at radius 2 is 2.00 bits per heavy atom. The van der Waals surface area contributed by atoms with Gasteiger partial charge in [0.15, 0.2) is 0 Å². The van der Waals surface area contributed by atoms with E-state index in [0.717, 1.165) is 0 Å². The highest BCUT2D eigenvalue weighted by molar-refractivity contribution is 7.09. The average molecular weight is 425 g/mol. The smallest absolute Gasteiger partial charge is 0.288 e. The lowest BCUT2D eigenvalue weighted by Crippen LogP contribution is -2.36. The Bertz CT molecular complexity index is 897. The van der Waals surface area contributed by atoms with Crippen LogP contribution in [0.15, 0.2) is 23.6 Å². The van der Waals surface area contributed by atoms with Gasteiger partial charge in [-0.3, -0.25) is 19.7 Å². The molecule has 2 amide bonds. The number of amides is 2. The molecule has 1 heterocycles. The molecule has 0 bridgehead atoms. The topological polar surface area (TPSA) is 105 Å². The SMILES string of the molecule is CC(C)NC(=O)c1csc(CN(C(=O)c2ccc(Cl)c([N+](=O)[O-])c2)C(C)C)n1. The number of benzene rings is 1. The second-order valence-corrected chi connectivity index (χ2v) is 8.05. The molecule has 0 aliphatic rings. The van der Waals surface area contributed by atoms with Crippen LogP contribution in [0.2, 0.25) is 5.02 Å². The standard InChI is InChI=1S/C18H21ClN4O4S/c1-10(2)20-17(24)14-9-28-16(21-14)8-22(11(3)4)18(25)12-5-6-13(19)15(7-12)23(26)27/h5-7,9-11H,8H2,1-4H3,(H,20,24). The van der Waals surface area contributed by atoms with Crippen molar-refractivity contribution in [3.8, 4) is 0 Å². The molecule has 0 atom stereocenters. The van der Waals surface area contributed by atoms with E-state index in [-0.39, 0.29) is 46.7 Å². The van der Waals surface area contributed by atoms with Crippen LogP contribution in [-0.4, -0.2) is 38.7 Å². The fraction of sp³-hybridized carbons (Fsp3) is 0.389. The lowest BCUT2D eigenvalue weighted by molar-refractivity contribution is -0.384. The Morgan fingerprint density at radius 3 is 2.57 bits per heavy atom. The van der Waals surface area contributed by atoms with Crippen molar-refractivity contribution in [1.29, 1.82) is 0 Å². The van der Waals surface area contributed by atoms with E-state index in [2.05, 4.69) is 10.3 Å².